The Kier molecular flexibility index (Phi) is 27.0. The van der Waals surface area contributed by atoms with Crippen LogP contribution in [0.3, 0.4) is 0 Å². The molecule has 11 saturated carbocycles. The second kappa shape index (κ2) is 35.1. The van der Waals surface area contributed by atoms with Gasteiger partial charge in [-0.1, -0.05) is 34.6 Å². The third-order valence-electron chi connectivity index (χ3n) is 29.4. The Bertz CT molecular complexity index is 4100. The summed E-state index contributed by atoms with van der Waals surface area (Å²) in [6.07, 6.45) is 0.181. The van der Waals surface area contributed by atoms with Gasteiger partial charge in [0, 0.05) is 59.7 Å². The lowest BCUT2D eigenvalue weighted by atomic mass is 9.63. The van der Waals surface area contributed by atoms with Gasteiger partial charge in [-0.05, 0) is 178 Å². The molecule has 5 heterocycles. The largest absolute Gasteiger partial charge is 0.468 e. The van der Waals surface area contributed by atoms with E-state index in [1.807, 2.05) is 41.5 Å². The topological polar surface area (TPSA) is 428 Å². The fourth-order valence-corrected chi connectivity index (χ4v) is 20.2. The first kappa shape index (κ1) is 93.0. The summed E-state index contributed by atoms with van der Waals surface area (Å²) in [5.41, 5.74) is -7.89. The van der Waals surface area contributed by atoms with Gasteiger partial charge in [0.1, 0.15) is 54.9 Å². The molecule has 0 spiro atoms. The van der Waals surface area contributed by atoms with Crippen molar-refractivity contribution in [2.24, 2.45) is 114 Å². The van der Waals surface area contributed by atoms with E-state index in [0.29, 0.717) is 76.4 Å². The summed E-state index contributed by atoms with van der Waals surface area (Å²) in [5.74, 6) is -9.03. The molecule has 35 heteroatoms. The third-order valence-corrected chi connectivity index (χ3v) is 29.4. The lowest BCUT2D eigenvalue weighted by Crippen LogP contribution is -2.50. The van der Waals surface area contributed by atoms with Crippen molar-refractivity contribution in [1.82, 2.24) is 0 Å². The van der Waals surface area contributed by atoms with Crippen LogP contribution in [-0.4, -0.2) is 204 Å². The second-order valence-electron chi connectivity index (χ2n) is 38.3. The zero-order valence-corrected chi connectivity index (χ0v) is 71.7. The quantitative estimate of drug-likeness (QED) is 0.0305. The predicted molar refractivity (Wildman–Crippen MR) is 402 cm³/mol. The van der Waals surface area contributed by atoms with Crippen LogP contribution in [0, 0.1) is 126 Å². The normalized spacial score (nSPS) is 35.3. The molecule has 25 unspecified atom stereocenters. The number of fused-ring (bicyclic) bond motifs is 5. The van der Waals surface area contributed by atoms with E-state index in [-0.39, 0.29) is 109 Å². The second-order valence-corrected chi connectivity index (χ2v) is 38.3. The molecule has 0 N–H and O–H groups in total. The monoisotopic (exact) mass is 1720 g/mol. The molecule has 0 aromatic rings. The summed E-state index contributed by atoms with van der Waals surface area (Å²) in [6, 6.07) is 2.10. The number of nitrogens with zero attached hydrogens (tertiary/aromatic N) is 1. The Hall–Kier alpha value is -8.71. The summed E-state index contributed by atoms with van der Waals surface area (Å²) in [4.78, 5) is 179. The van der Waals surface area contributed by atoms with Crippen molar-refractivity contribution in [2.45, 2.75) is 280 Å². The maximum atomic E-state index is 13.4. The van der Waals surface area contributed by atoms with Gasteiger partial charge >= 0.3 is 95.7 Å². The van der Waals surface area contributed by atoms with Crippen LogP contribution >= 0.6 is 0 Å². The molecule has 16 rings (SSSR count). The average molecular weight is 1720 g/mol. The highest BCUT2D eigenvalue weighted by Crippen LogP contribution is 2.69. The number of hydrogen-bond donors (Lipinski definition) is 0. The Balaban J connectivity index is 0.000000148. The summed E-state index contributed by atoms with van der Waals surface area (Å²) in [7, 11) is 1.24. The molecule has 5 saturated heterocycles. The summed E-state index contributed by atoms with van der Waals surface area (Å²) >= 11 is 0. The molecule has 0 radical (unpaired) electrons. The van der Waals surface area contributed by atoms with Crippen molar-refractivity contribution in [2.75, 3.05) is 46.8 Å². The summed E-state index contributed by atoms with van der Waals surface area (Å²) in [6.45, 7) is 26.0. The van der Waals surface area contributed by atoms with E-state index in [2.05, 4.69) is 6.07 Å². The Morgan fingerprint density at radius 2 is 0.793 bits per heavy atom. The van der Waals surface area contributed by atoms with Crippen molar-refractivity contribution in [3.63, 3.8) is 0 Å². The first-order valence-corrected chi connectivity index (χ1v) is 42.5. The first-order chi connectivity index (χ1) is 56.6. The fraction of sp³-hybridized carbons (Fsp3) is 0.814. The predicted octanol–water partition coefficient (Wildman–Crippen LogP) is 8.92. The highest BCUT2D eigenvalue weighted by Gasteiger charge is 2.81. The number of nitriles is 1. The molecule has 12 bridgehead atoms. The molecule has 121 heavy (non-hydrogen) atoms. The SMILES string of the molecule is CCC(C)(C)C(=O)OCC(=O)OC1C2CC3C1OC(=O)C3(C#N)C2.CCC(C)(C)C(=O)OCC(=O)OC1C2CC3C1OC(=O)C3(C(=O)OC)C2.CCC(C)(C)C(=O)OCC(=O)OC1C2CC3C1OC(=O)C3(C(F)(F)F)C2.CCC(C)(C)C(=O)OCC(=O)OC1C2CCC3C(C2)C(=O)OC31.CCC(C)(C)C(=O)OCCCOC1C2CC3C(=O)OC1C3C2. The first-order valence-electron chi connectivity index (χ1n) is 42.5. The van der Waals surface area contributed by atoms with Crippen LogP contribution in [0.1, 0.15) is 213 Å². The van der Waals surface area contributed by atoms with Crippen molar-refractivity contribution in [3.05, 3.63) is 0 Å². The Morgan fingerprint density at radius 1 is 0.413 bits per heavy atom. The minimum Gasteiger partial charge on any atom is -0.468 e. The van der Waals surface area contributed by atoms with E-state index in [1.165, 1.54) is 7.11 Å². The van der Waals surface area contributed by atoms with E-state index < -0.39 is 196 Å². The number of alkyl halides is 3. The molecular formula is C86H116F3NO31. The van der Waals surface area contributed by atoms with Gasteiger partial charge in [-0.2, -0.15) is 18.4 Å². The van der Waals surface area contributed by atoms with Gasteiger partial charge in [0.2, 0.25) is 0 Å². The minimum absolute atomic E-state index is 0.0168. The van der Waals surface area contributed by atoms with Crippen LogP contribution in [0.2, 0.25) is 0 Å². The molecule has 0 aromatic heterocycles. The maximum Gasteiger partial charge on any atom is 0.405 e. The van der Waals surface area contributed by atoms with Crippen LogP contribution in [0.5, 0.6) is 0 Å². The van der Waals surface area contributed by atoms with Crippen molar-refractivity contribution in [1.29, 1.82) is 5.26 Å². The molecule has 16 aliphatic rings. The number of esters is 15. The lowest BCUT2D eigenvalue weighted by Gasteiger charge is -2.43. The van der Waals surface area contributed by atoms with Crippen LogP contribution in [0.25, 0.3) is 0 Å². The molecule has 5 aliphatic heterocycles. The number of methoxy groups -OCH3 is 1. The van der Waals surface area contributed by atoms with Gasteiger partial charge in [0.05, 0.1) is 71.4 Å². The van der Waals surface area contributed by atoms with E-state index >= 15 is 0 Å². The van der Waals surface area contributed by atoms with Crippen molar-refractivity contribution < 1.29 is 161 Å². The molecule has 25 atom stereocenters. The maximum absolute atomic E-state index is 13.4. The number of rotatable bonds is 28. The highest BCUT2D eigenvalue weighted by atomic mass is 19.4. The number of carbonyl (C=O) groups excluding carboxylic acids is 15. The van der Waals surface area contributed by atoms with Gasteiger partial charge in [-0.15, -0.1) is 0 Å². The van der Waals surface area contributed by atoms with Gasteiger partial charge in [-0.3, -0.25) is 52.7 Å². The van der Waals surface area contributed by atoms with E-state index in [4.69, 9.17) is 75.8 Å². The van der Waals surface area contributed by atoms with E-state index in [0.717, 1.165) is 38.5 Å². The van der Waals surface area contributed by atoms with Gasteiger partial charge in [-0.25, -0.2) is 19.2 Å². The van der Waals surface area contributed by atoms with Gasteiger partial charge in [0.25, 0.3) is 0 Å². The summed E-state index contributed by atoms with van der Waals surface area (Å²) in [5, 5.41) is 9.33. The van der Waals surface area contributed by atoms with Crippen LogP contribution in [0.4, 0.5) is 13.2 Å². The van der Waals surface area contributed by atoms with E-state index in [9.17, 15) is 90.4 Å². The zero-order valence-electron chi connectivity index (χ0n) is 71.7. The molecular weight excluding hydrogens is 1600 g/mol. The summed E-state index contributed by atoms with van der Waals surface area (Å²) < 4.78 is 124. The smallest absolute Gasteiger partial charge is 0.405 e. The van der Waals surface area contributed by atoms with Crippen LogP contribution in [-0.2, 0) is 148 Å². The van der Waals surface area contributed by atoms with Gasteiger partial charge in [0.15, 0.2) is 42.7 Å². The fourth-order valence-electron chi connectivity index (χ4n) is 20.2. The van der Waals surface area contributed by atoms with Crippen molar-refractivity contribution in [3.8, 4) is 6.07 Å². The van der Waals surface area contributed by atoms with Crippen molar-refractivity contribution >= 4 is 89.5 Å². The molecule has 0 amide bonds. The zero-order chi connectivity index (χ0) is 89.1. The Labute approximate surface area is 700 Å². The molecule has 0 aromatic carbocycles. The average Bonchev–Trinajstić information content (AvgIpc) is 1.52. The minimum atomic E-state index is -4.69. The van der Waals surface area contributed by atoms with Crippen LogP contribution < -0.4 is 0 Å². The molecule has 11 aliphatic carbocycles. The lowest BCUT2D eigenvalue weighted by molar-refractivity contribution is -0.231. The number of halogens is 3. The van der Waals surface area contributed by atoms with Crippen LogP contribution in [0.15, 0.2) is 0 Å². The van der Waals surface area contributed by atoms with Gasteiger partial charge < -0.3 is 75.8 Å². The standard InChI is InChI=1S/C18H24O8.C17H21F3O6.C17H21NO6.C17H24O6.C17H26O5/c1-5-17(2,3)14(20)24-8-11(19)25-12-9-6-10-13(12)26-16(22)18(10,7-9)15(21)23-4;1-4-15(2,3)13(22)24-7-10(21)25-11-8-5-9-12(11)26-14(23)16(9,6-8)17(18,19)20;1-4-16(2,3)14(20)22-7-11(19)23-12-9-5-10-13(12)24-15(21)17(10,6-9)8-18;1-4-17(2,3)16(20)21-8-12(18)22-13-9-5-6-10-11(7-9)15(19)23-14(10)13;1-4-17(2,3)16(19)21-7-5-6-20-13-10-8-11-12(9-10)15(18)22-14(11)13/h9-10,12-13H,5-8H2,1-4H3;8-9,11-12H,4-7H2,1-3H3;9-10,12-13H,4-7H2,1-3H3;9-11,13-14H,4-8H2,1-3H3;10-14H,4-9H2,1-3H3. The number of carbonyl (C=O) groups is 15. The Morgan fingerprint density at radius 3 is 1.25 bits per heavy atom. The number of hydrogen-bond acceptors (Lipinski definition) is 32. The number of ether oxygens (including phenoxy) is 16. The molecule has 16 fully saturated rings. The third kappa shape index (κ3) is 17.4. The highest BCUT2D eigenvalue weighted by molar-refractivity contribution is 6.03. The van der Waals surface area contributed by atoms with E-state index in [1.54, 1.807) is 62.3 Å². The molecule has 672 valence electrons. The molecule has 32 nitrogen and oxygen atoms in total.